The van der Waals surface area contributed by atoms with Crippen LogP contribution in [-0.2, 0) is 30.3 Å². The number of ketones is 1. The number of rotatable bonds is 3. The fraction of sp³-hybridized carbons (Fsp3) is 0.304. The van der Waals surface area contributed by atoms with E-state index in [1.165, 1.54) is 66.2 Å². The molecule has 1 N–H and O–H groups in total. The molecule has 0 spiro atoms. The Morgan fingerprint density at radius 2 is 1.36 bits per heavy atom. The van der Waals surface area contributed by atoms with Crippen molar-refractivity contribution >= 4 is 38.1 Å². The Morgan fingerprint density at radius 1 is 0.760 bits per heavy atom. The van der Waals surface area contributed by atoms with E-state index >= 15 is 0 Å². The maximum Gasteiger partial charge on any atom is 0.164 e. The van der Waals surface area contributed by atoms with E-state index in [2.05, 4.69) is 119 Å². The molecule has 1 aliphatic carbocycles. The molecule has 0 bridgehead atoms. The first-order chi connectivity index (χ1) is 23.0. The maximum atomic E-state index is 11.5. The zero-order valence-corrected chi connectivity index (χ0v) is 33.3. The summed E-state index contributed by atoms with van der Waals surface area (Å²) in [6, 6.07) is 34.8. The molecular weight excluding hydrogens is 791 g/mol. The summed E-state index contributed by atoms with van der Waals surface area (Å²) in [5, 5.41) is 17.1. The number of pyridine rings is 1. The molecule has 3 nitrogen and oxygen atoms in total. The van der Waals surface area contributed by atoms with Gasteiger partial charge in [-0.05, 0) is 66.5 Å². The molecule has 0 unspecified atom stereocenters. The van der Waals surface area contributed by atoms with Crippen LogP contribution in [0.4, 0.5) is 0 Å². The monoisotopic (exact) mass is 839 g/mol. The van der Waals surface area contributed by atoms with Gasteiger partial charge in [-0.25, -0.2) is 0 Å². The fourth-order valence-corrected chi connectivity index (χ4v) is 6.97. The van der Waals surface area contributed by atoms with Crippen molar-refractivity contribution in [2.75, 3.05) is 0 Å². The van der Waals surface area contributed by atoms with Crippen LogP contribution in [0, 0.1) is 16.9 Å². The van der Waals surface area contributed by atoms with Crippen LogP contribution in [0.2, 0.25) is 0 Å². The largest absolute Gasteiger partial charge is 0.512 e. The second-order valence-electron chi connectivity index (χ2n) is 16.3. The molecule has 6 aromatic rings. The normalized spacial score (nSPS) is 13.9. The Balaban J connectivity index is 0.000000299. The molecule has 0 atom stereocenters. The van der Waals surface area contributed by atoms with Gasteiger partial charge in [0.1, 0.15) is 5.76 Å². The van der Waals surface area contributed by atoms with Gasteiger partial charge in [0, 0.05) is 43.2 Å². The third-order valence-electron chi connectivity index (χ3n) is 9.89. The first kappa shape index (κ1) is 37.2. The minimum Gasteiger partial charge on any atom is -0.512 e. The average Bonchev–Trinajstić information content (AvgIpc) is 3.29. The first-order valence-corrected chi connectivity index (χ1v) is 17.4. The van der Waals surface area contributed by atoms with Gasteiger partial charge >= 0.3 is 0 Å². The molecule has 1 aromatic heterocycles. The second-order valence-corrected chi connectivity index (χ2v) is 16.3. The smallest absolute Gasteiger partial charge is 0.164 e. The molecule has 7 rings (SSSR count). The Bertz CT molecular complexity index is 2280. The Labute approximate surface area is 311 Å². The number of nitrogens with zero attached hydrogens (tertiary/aromatic N) is 1. The molecule has 5 aromatic carbocycles. The van der Waals surface area contributed by atoms with E-state index in [1.807, 2.05) is 47.7 Å². The number of hydrogen-bond donors (Lipinski definition) is 1. The third-order valence-corrected chi connectivity index (χ3v) is 9.89. The third kappa shape index (κ3) is 6.69. The summed E-state index contributed by atoms with van der Waals surface area (Å²) in [6.45, 7) is 20.4. The van der Waals surface area contributed by atoms with Crippen LogP contribution < -0.4 is 0 Å². The number of hydrogen-bond acceptors (Lipinski definition) is 3. The van der Waals surface area contributed by atoms with Crippen LogP contribution in [0.3, 0.4) is 0 Å². The van der Waals surface area contributed by atoms with Gasteiger partial charge < -0.3 is 10.1 Å². The molecule has 1 heterocycles. The average molecular weight is 839 g/mol. The van der Waals surface area contributed by atoms with Crippen LogP contribution in [0.1, 0.15) is 91.8 Å². The molecule has 0 fully saturated rings. The number of carbonyl (C=O) groups excluding carboxylic acids is 1. The van der Waals surface area contributed by atoms with E-state index in [0.717, 1.165) is 11.3 Å². The summed E-state index contributed by atoms with van der Waals surface area (Å²) in [4.78, 5) is 16.4. The molecule has 259 valence electrons. The molecule has 50 heavy (non-hydrogen) atoms. The summed E-state index contributed by atoms with van der Waals surface area (Å²) in [5.41, 5.74) is 8.07. The van der Waals surface area contributed by atoms with Gasteiger partial charge in [-0.2, -0.15) is 0 Å². The first-order valence-electron chi connectivity index (χ1n) is 17.4. The van der Waals surface area contributed by atoms with Gasteiger partial charge in [-0.1, -0.05) is 148 Å². The van der Waals surface area contributed by atoms with Crippen molar-refractivity contribution < 1.29 is 30.0 Å². The summed E-state index contributed by atoms with van der Waals surface area (Å²) in [6.07, 6.45) is 3.29. The van der Waals surface area contributed by atoms with Crippen molar-refractivity contribution in [2.24, 2.45) is 10.8 Å². The minimum absolute atomic E-state index is 0. The summed E-state index contributed by atoms with van der Waals surface area (Å²) >= 11 is 0. The number of aromatic nitrogens is 1. The molecular formula is C46H48IrNO2-. The van der Waals surface area contributed by atoms with E-state index in [4.69, 9.17) is 4.98 Å². The van der Waals surface area contributed by atoms with E-state index in [0.29, 0.717) is 5.92 Å². The Morgan fingerprint density at radius 3 is 2.04 bits per heavy atom. The Hall–Kier alpha value is -4.11. The number of aliphatic hydroxyl groups is 1. The van der Waals surface area contributed by atoms with Crippen LogP contribution >= 0.6 is 0 Å². The molecule has 0 saturated carbocycles. The quantitative estimate of drug-likeness (QED) is 0.0836. The van der Waals surface area contributed by atoms with Gasteiger partial charge in [-0.3, -0.25) is 4.79 Å². The van der Waals surface area contributed by atoms with E-state index in [-0.39, 0.29) is 42.5 Å². The van der Waals surface area contributed by atoms with Gasteiger partial charge in [-0.15, -0.1) is 28.8 Å². The molecule has 1 aliphatic rings. The van der Waals surface area contributed by atoms with E-state index in [1.54, 1.807) is 0 Å². The zero-order valence-electron chi connectivity index (χ0n) is 31.0. The topological polar surface area (TPSA) is 50.2 Å². The standard InChI is InChI=1S/C35H28N.C11H20O2.Ir/c1-21(2)30-19-23(20-31-28-11-7-8-12-32(28)35(3,4)33(30)31)34-29-16-15-25-24-10-6-5-9-22(24)13-14-26(25)27(29)17-18-36-34;1-10(2,3)8(12)7-9(13)11(4,5)6;/h5-18,20-21H,1-4H3;7,12H,1-6H3;/q-1;;/b;8-7-;. The second kappa shape index (κ2) is 13.5. The maximum absolute atomic E-state index is 11.5. The fourth-order valence-electron chi connectivity index (χ4n) is 6.97. The minimum atomic E-state index is -0.417. The van der Waals surface area contributed by atoms with Crippen molar-refractivity contribution in [1.82, 2.24) is 4.98 Å². The molecule has 0 amide bonds. The zero-order chi connectivity index (χ0) is 35.5. The predicted molar refractivity (Wildman–Crippen MR) is 207 cm³/mol. The van der Waals surface area contributed by atoms with Crippen molar-refractivity contribution in [3.8, 4) is 22.4 Å². The van der Waals surface area contributed by atoms with Gasteiger partial charge in [0.15, 0.2) is 5.78 Å². The number of carbonyl (C=O) groups is 1. The Kier molecular flexibility index (Phi) is 10.1. The van der Waals surface area contributed by atoms with Gasteiger partial charge in [0.2, 0.25) is 0 Å². The van der Waals surface area contributed by atoms with Crippen molar-refractivity contribution in [1.29, 1.82) is 0 Å². The predicted octanol–water partition coefficient (Wildman–Crippen LogP) is 12.5. The van der Waals surface area contributed by atoms with Crippen LogP contribution in [-0.4, -0.2) is 15.9 Å². The molecule has 1 radical (unpaired) electrons. The number of allylic oxidation sites excluding steroid dienone is 2. The van der Waals surface area contributed by atoms with Crippen molar-refractivity contribution in [2.45, 2.75) is 80.6 Å². The van der Waals surface area contributed by atoms with Crippen LogP contribution in [0.25, 0.3) is 54.7 Å². The molecule has 0 saturated heterocycles. The molecule has 4 heteroatoms. The van der Waals surface area contributed by atoms with Gasteiger partial charge in [0.25, 0.3) is 0 Å². The van der Waals surface area contributed by atoms with E-state index < -0.39 is 5.41 Å². The number of aliphatic hydroxyl groups excluding tert-OH is 1. The van der Waals surface area contributed by atoms with Crippen molar-refractivity contribution in [3.05, 3.63) is 126 Å². The summed E-state index contributed by atoms with van der Waals surface area (Å²) < 4.78 is 0. The SMILES string of the molecule is CC(C)(C)C(=O)/C=C(\O)C(C)(C)C.CC(C)c1[c-]c(-c2nccc3c2ccc2c4ccccc4ccc32)cc2c1C(C)(C)c1ccccc1-2.[Ir]. The summed E-state index contributed by atoms with van der Waals surface area (Å²) in [5.74, 6) is 0.474. The van der Waals surface area contributed by atoms with Gasteiger partial charge in [0.05, 0.1) is 0 Å². The number of fused-ring (bicyclic) bond motifs is 8. The van der Waals surface area contributed by atoms with Crippen molar-refractivity contribution in [3.63, 3.8) is 0 Å². The summed E-state index contributed by atoms with van der Waals surface area (Å²) in [7, 11) is 0. The molecule has 0 aliphatic heterocycles. The van der Waals surface area contributed by atoms with Crippen LogP contribution in [0.5, 0.6) is 0 Å². The van der Waals surface area contributed by atoms with E-state index in [9.17, 15) is 9.90 Å². The number of benzene rings is 5. The van der Waals surface area contributed by atoms with Crippen LogP contribution in [0.15, 0.2) is 103 Å².